The van der Waals surface area contributed by atoms with Crippen LogP contribution in [-0.2, 0) is 0 Å². The first-order chi connectivity index (χ1) is 9.29. The molecular weight excluding hydrogens is 270 g/mol. The fourth-order valence-corrected chi connectivity index (χ4v) is 2.46. The quantitative estimate of drug-likeness (QED) is 0.791. The Hall–Kier alpha value is -0.730. The van der Waals surface area contributed by atoms with Crippen LogP contribution < -0.4 is 10.1 Å². The molecule has 0 aliphatic carbocycles. The maximum Gasteiger partial charge on any atom is 0.137 e. The molecule has 0 heterocycles. The lowest BCUT2D eigenvalue weighted by atomic mass is 9.77. The van der Waals surface area contributed by atoms with Gasteiger partial charge in [0.1, 0.15) is 5.75 Å². The monoisotopic (exact) mass is 297 g/mol. The van der Waals surface area contributed by atoms with E-state index in [-0.39, 0.29) is 0 Å². The summed E-state index contributed by atoms with van der Waals surface area (Å²) in [5.41, 5.74) is 1.54. The molecule has 1 rings (SSSR count). The molecule has 0 bridgehead atoms. The Morgan fingerprint density at radius 3 is 2.40 bits per heavy atom. The van der Waals surface area contributed by atoms with Gasteiger partial charge in [-0.25, -0.2) is 0 Å². The third-order valence-corrected chi connectivity index (χ3v) is 4.39. The fraction of sp³-hybridized carbons (Fsp3) is 0.647. The van der Waals surface area contributed by atoms with E-state index in [1.54, 1.807) is 7.11 Å². The average Bonchev–Trinajstić information content (AvgIpc) is 2.36. The van der Waals surface area contributed by atoms with E-state index in [1.807, 2.05) is 12.1 Å². The van der Waals surface area contributed by atoms with Gasteiger partial charge in [-0.15, -0.1) is 0 Å². The molecule has 0 aliphatic heterocycles. The highest BCUT2D eigenvalue weighted by Crippen LogP contribution is 2.35. The van der Waals surface area contributed by atoms with Gasteiger partial charge >= 0.3 is 0 Å². The highest BCUT2D eigenvalue weighted by atomic mass is 35.5. The second-order valence-electron chi connectivity index (χ2n) is 6.51. The summed E-state index contributed by atoms with van der Waals surface area (Å²) in [5.74, 6) is 1.35. The van der Waals surface area contributed by atoms with Crippen molar-refractivity contribution in [3.8, 4) is 5.75 Å². The van der Waals surface area contributed by atoms with Crippen molar-refractivity contribution in [1.82, 2.24) is 5.32 Å². The van der Waals surface area contributed by atoms with E-state index in [0.29, 0.717) is 22.4 Å². The van der Waals surface area contributed by atoms with Gasteiger partial charge in [-0.3, -0.25) is 0 Å². The van der Waals surface area contributed by atoms with Gasteiger partial charge in [0.25, 0.3) is 0 Å². The summed E-state index contributed by atoms with van der Waals surface area (Å²) < 4.78 is 5.22. The van der Waals surface area contributed by atoms with Crippen molar-refractivity contribution < 1.29 is 4.74 Å². The number of halogens is 1. The van der Waals surface area contributed by atoms with Gasteiger partial charge in [0, 0.05) is 6.04 Å². The summed E-state index contributed by atoms with van der Waals surface area (Å²) in [6, 6.07) is 6.40. The fourth-order valence-electron chi connectivity index (χ4n) is 2.19. The summed E-state index contributed by atoms with van der Waals surface area (Å²) in [6.45, 7) is 12.3. The van der Waals surface area contributed by atoms with Crippen LogP contribution in [0.2, 0.25) is 5.02 Å². The minimum absolute atomic E-state index is 0.309. The molecule has 3 heteroatoms. The number of rotatable bonds is 6. The smallest absolute Gasteiger partial charge is 0.137 e. The number of ether oxygens (including phenoxy) is 1. The molecule has 114 valence electrons. The summed E-state index contributed by atoms with van der Waals surface area (Å²) in [7, 11) is 1.64. The molecule has 20 heavy (non-hydrogen) atoms. The van der Waals surface area contributed by atoms with E-state index in [2.05, 4.69) is 46.0 Å². The Balaban J connectivity index is 2.93. The van der Waals surface area contributed by atoms with E-state index in [1.165, 1.54) is 5.56 Å². The number of methoxy groups -OCH3 is 1. The predicted molar refractivity (Wildman–Crippen MR) is 87.7 cm³/mol. The molecule has 0 saturated heterocycles. The van der Waals surface area contributed by atoms with E-state index in [4.69, 9.17) is 16.3 Å². The van der Waals surface area contributed by atoms with Crippen LogP contribution in [0.5, 0.6) is 5.75 Å². The predicted octanol–water partition coefficient (Wildman–Crippen LogP) is 5.07. The topological polar surface area (TPSA) is 21.3 Å². The average molecular weight is 298 g/mol. The molecule has 0 saturated carbocycles. The van der Waals surface area contributed by atoms with Crippen LogP contribution in [0, 0.1) is 11.3 Å². The normalized spacial score (nSPS) is 14.9. The Bertz CT molecular complexity index is 425. The lowest BCUT2D eigenvalue weighted by molar-refractivity contribution is 0.224. The second-order valence-corrected chi connectivity index (χ2v) is 6.91. The molecule has 0 aromatic heterocycles. The summed E-state index contributed by atoms with van der Waals surface area (Å²) in [6.07, 6.45) is 1.10. The maximum atomic E-state index is 6.25. The Kier molecular flexibility index (Phi) is 6.35. The lowest BCUT2D eigenvalue weighted by Gasteiger charge is -2.31. The summed E-state index contributed by atoms with van der Waals surface area (Å²) in [4.78, 5) is 0. The van der Waals surface area contributed by atoms with Crippen molar-refractivity contribution in [2.45, 2.75) is 47.1 Å². The van der Waals surface area contributed by atoms with Crippen LogP contribution in [0.15, 0.2) is 18.2 Å². The third-order valence-electron chi connectivity index (χ3n) is 4.10. The molecule has 0 aliphatic rings. The van der Waals surface area contributed by atoms with Crippen LogP contribution in [0.4, 0.5) is 0 Å². The molecule has 2 unspecified atom stereocenters. The maximum absolute atomic E-state index is 6.25. The highest BCUT2D eigenvalue weighted by Gasteiger charge is 2.24. The molecule has 0 fully saturated rings. The Morgan fingerprint density at radius 1 is 1.30 bits per heavy atom. The van der Waals surface area contributed by atoms with Crippen molar-refractivity contribution in [2.24, 2.45) is 11.3 Å². The first-order valence-electron chi connectivity index (χ1n) is 7.36. The van der Waals surface area contributed by atoms with Crippen LogP contribution in [-0.4, -0.2) is 13.7 Å². The van der Waals surface area contributed by atoms with Crippen LogP contribution in [0.3, 0.4) is 0 Å². The second kappa shape index (κ2) is 7.33. The molecule has 0 amide bonds. The summed E-state index contributed by atoms with van der Waals surface area (Å²) in [5, 5.41) is 4.24. The minimum atomic E-state index is 0.309. The third kappa shape index (κ3) is 4.68. The SMILES string of the molecule is CCNC(CC(C)C(C)(C)C)c1ccc(OC)c(Cl)c1. The minimum Gasteiger partial charge on any atom is -0.495 e. The van der Waals surface area contributed by atoms with Crippen LogP contribution in [0.25, 0.3) is 0 Å². The van der Waals surface area contributed by atoms with Gasteiger partial charge in [0.15, 0.2) is 0 Å². The lowest BCUT2D eigenvalue weighted by Crippen LogP contribution is -2.27. The van der Waals surface area contributed by atoms with Gasteiger partial charge in [0.2, 0.25) is 0 Å². The van der Waals surface area contributed by atoms with Crippen molar-refractivity contribution in [1.29, 1.82) is 0 Å². The standard InChI is InChI=1S/C17H28ClNO/c1-7-19-15(10-12(2)17(3,4)5)13-8-9-16(20-6)14(18)11-13/h8-9,11-12,15,19H,7,10H2,1-6H3. The zero-order valence-corrected chi connectivity index (χ0v) is 14.3. The van der Waals surface area contributed by atoms with Crippen molar-refractivity contribution in [3.63, 3.8) is 0 Å². The first kappa shape index (κ1) is 17.3. The molecule has 0 spiro atoms. The van der Waals surface area contributed by atoms with Gasteiger partial charge in [-0.2, -0.15) is 0 Å². The Labute approximate surface area is 128 Å². The molecular formula is C17H28ClNO. The summed E-state index contributed by atoms with van der Waals surface area (Å²) >= 11 is 6.25. The number of benzene rings is 1. The Morgan fingerprint density at radius 2 is 1.95 bits per heavy atom. The van der Waals surface area contributed by atoms with Crippen LogP contribution in [0.1, 0.15) is 52.6 Å². The number of hydrogen-bond donors (Lipinski definition) is 1. The molecule has 2 nitrogen and oxygen atoms in total. The molecule has 1 aromatic carbocycles. The van der Waals surface area contributed by atoms with Gasteiger partial charge in [-0.05, 0) is 42.0 Å². The molecule has 2 atom stereocenters. The van der Waals surface area contributed by atoms with E-state index >= 15 is 0 Å². The van der Waals surface area contributed by atoms with Crippen LogP contribution >= 0.6 is 11.6 Å². The zero-order valence-electron chi connectivity index (χ0n) is 13.6. The first-order valence-corrected chi connectivity index (χ1v) is 7.74. The van der Waals surface area contributed by atoms with Crippen molar-refractivity contribution in [2.75, 3.05) is 13.7 Å². The van der Waals surface area contributed by atoms with E-state index in [0.717, 1.165) is 18.7 Å². The zero-order chi connectivity index (χ0) is 15.3. The largest absolute Gasteiger partial charge is 0.495 e. The van der Waals surface area contributed by atoms with Gasteiger partial charge < -0.3 is 10.1 Å². The van der Waals surface area contributed by atoms with E-state index in [9.17, 15) is 0 Å². The number of hydrogen-bond acceptors (Lipinski definition) is 2. The van der Waals surface area contributed by atoms with Gasteiger partial charge in [-0.1, -0.05) is 52.3 Å². The number of nitrogens with one attached hydrogen (secondary N) is 1. The van der Waals surface area contributed by atoms with Gasteiger partial charge in [0.05, 0.1) is 12.1 Å². The van der Waals surface area contributed by atoms with E-state index < -0.39 is 0 Å². The highest BCUT2D eigenvalue weighted by molar-refractivity contribution is 6.32. The van der Waals surface area contributed by atoms with Crippen molar-refractivity contribution in [3.05, 3.63) is 28.8 Å². The molecule has 1 N–H and O–H groups in total. The molecule has 1 aromatic rings. The van der Waals surface area contributed by atoms with Crippen molar-refractivity contribution >= 4 is 11.6 Å². The molecule has 0 radical (unpaired) electrons.